The van der Waals surface area contributed by atoms with Crippen LogP contribution in [0.15, 0.2) is 48.5 Å². The van der Waals surface area contributed by atoms with Gasteiger partial charge in [-0.25, -0.2) is 4.79 Å². The van der Waals surface area contributed by atoms with Crippen LogP contribution in [0.2, 0.25) is 0 Å². The molecule has 2 aromatic rings. The zero-order chi connectivity index (χ0) is 19.2. The van der Waals surface area contributed by atoms with Crippen LogP contribution < -0.4 is 14.4 Å². The van der Waals surface area contributed by atoms with Crippen molar-refractivity contribution >= 4 is 11.7 Å². The molecule has 1 aliphatic rings. The first-order valence-corrected chi connectivity index (χ1v) is 9.17. The number of hydrogen-bond donors (Lipinski definition) is 1. The molecule has 2 unspecified atom stereocenters. The van der Waals surface area contributed by atoms with Crippen molar-refractivity contribution in [2.75, 3.05) is 24.7 Å². The lowest BCUT2D eigenvalue weighted by molar-refractivity contribution is -0.149. The minimum atomic E-state index is -0.947. The van der Waals surface area contributed by atoms with Crippen LogP contribution in [0.5, 0.6) is 11.5 Å². The van der Waals surface area contributed by atoms with Crippen molar-refractivity contribution in [3.63, 3.8) is 0 Å². The molecule has 2 aromatic carbocycles. The number of carbonyl (C=O) groups is 1. The van der Waals surface area contributed by atoms with E-state index < -0.39 is 12.1 Å². The van der Waals surface area contributed by atoms with E-state index in [4.69, 9.17) is 14.2 Å². The molecule has 0 saturated carbocycles. The minimum Gasteiger partial charge on any atom is -0.490 e. The van der Waals surface area contributed by atoms with Gasteiger partial charge in [-0.1, -0.05) is 24.3 Å². The van der Waals surface area contributed by atoms with E-state index in [0.717, 1.165) is 29.3 Å². The highest BCUT2D eigenvalue weighted by molar-refractivity contribution is 5.72. The number of ether oxygens (including phenoxy) is 3. The predicted molar refractivity (Wildman–Crippen MR) is 103 cm³/mol. The van der Waals surface area contributed by atoms with Crippen LogP contribution in [0.1, 0.15) is 19.4 Å². The molecular formula is C21H25NO5. The summed E-state index contributed by atoms with van der Waals surface area (Å²) in [4.78, 5) is 13.4. The number of carboxylic acids is 1. The number of hydrogen-bond acceptors (Lipinski definition) is 5. The van der Waals surface area contributed by atoms with Gasteiger partial charge in [0.25, 0.3) is 0 Å². The molecule has 0 bridgehead atoms. The van der Waals surface area contributed by atoms with Crippen molar-refractivity contribution < 1.29 is 24.1 Å². The Kier molecular flexibility index (Phi) is 6.19. The Labute approximate surface area is 159 Å². The Morgan fingerprint density at radius 3 is 2.67 bits per heavy atom. The molecule has 0 radical (unpaired) electrons. The summed E-state index contributed by atoms with van der Waals surface area (Å²) in [6.07, 6.45) is -0.655. The number of fused-ring (bicyclic) bond motifs is 1. The van der Waals surface area contributed by atoms with Crippen molar-refractivity contribution in [2.24, 2.45) is 0 Å². The van der Waals surface area contributed by atoms with Crippen LogP contribution in [0.4, 0.5) is 5.69 Å². The number of rotatable bonds is 8. The molecule has 0 spiro atoms. The third kappa shape index (κ3) is 4.71. The monoisotopic (exact) mass is 371 g/mol. The lowest BCUT2D eigenvalue weighted by Gasteiger charge is -2.35. The Bertz CT molecular complexity index is 761. The molecule has 1 heterocycles. The molecule has 2 atom stereocenters. The SMILES string of the molecule is CCOC(Cc1ccc(OC(C)N2CCOc3ccccc32)cc1)C(=O)O. The highest BCUT2D eigenvalue weighted by Gasteiger charge is 2.23. The second-order valence-electron chi connectivity index (χ2n) is 6.36. The number of benzene rings is 2. The van der Waals surface area contributed by atoms with E-state index >= 15 is 0 Å². The fourth-order valence-electron chi connectivity index (χ4n) is 3.17. The van der Waals surface area contributed by atoms with Gasteiger partial charge in [-0.2, -0.15) is 0 Å². The van der Waals surface area contributed by atoms with Gasteiger partial charge in [-0.05, 0) is 43.7 Å². The Morgan fingerprint density at radius 2 is 1.96 bits per heavy atom. The summed E-state index contributed by atoms with van der Waals surface area (Å²) in [7, 11) is 0. The summed E-state index contributed by atoms with van der Waals surface area (Å²) >= 11 is 0. The molecule has 27 heavy (non-hydrogen) atoms. The Hall–Kier alpha value is -2.73. The second-order valence-corrected chi connectivity index (χ2v) is 6.36. The van der Waals surface area contributed by atoms with Gasteiger partial charge in [0.05, 0.1) is 12.2 Å². The third-order valence-electron chi connectivity index (χ3n) is 4.50. The van der Waals surface area contributed by atoms with Crippen molar-refractivity contribution in [1.82, 2.24) is 0 Å². The number of aliphatic carboxylic acids is 1. The van der Waals surface area contributed by atoms with Gasteiger partial charge in [0.1, 0.15) is 18.1 Å². The van der Waals surface area contributed by atoms with Gasteiger partial charge >= 0.3 is 5.97 Å². The van der Waals surface area contributed by atoms with Gasteiger partial charge in [-0.15, -0.1) is 0 Å². The number of nitrogens with zero attached hydrogens (tertiary/aromatic N) is 1. The van der Waals surface area contributed by atoms with Gasteiger partial charge in [0, 0.05) is 13.0 Å². The number of anilines is 1. The average Bonchev–Trinajstić information content (AvgIpc) is 2.68. The molecule has 0 aliphatic carbocycles. The van der Waals surface area contributed by atoms with Crippen molar-refractivity contribution in [3.8, 4) is 11.5 Å². The van der Waals surface area contributed by atoms with Crippen LogP contribution in [-0.2, 0) is 16.0 Å². The molecule has 3 rings (SSSR count). The molecule has 0 saturated heterocycles. The van der Waals surface area contributed by atoms with Gasteiger partial charge < -0.3 is 24.2 Å². The first-order chi connectivity index (χ1) is 13.1. The standard InChI is InChI=1S/C21H25NO5/c1-3-25-20(21(23)24)14-16-8-10-17(11-9-16)27-15(2)22-12-13-26-19-7-5-4-6-18(19)22/h4-11,15,20H,3,12-14H2,1-2H3,(H,23,24). The minimum absolute atomic E-state index is 0.156. The van der Waals surface area contributed by atoms with E-state index in [1.54, 1.807) is 6.92 Å². The maximum absolute atomic E-state index is 11.2. The summed E-state index contributed by atoms with van der Waals surface area (Å²) in [5, 5.41) is 9.20. The van der Waals surface area contributed by atoms with E-state index in [1.807, 2.05) is 55.5 Å². The summed E-state index contributed by atoms with van der Waals surface area (Å²) in [6, 6.07) is 15.4. The fraction of sp³-hybridized carbons (Fsp3) is 0.381. The van der Waals surface area contributed by atoms with Crippen LogP contribution in [-0.4, -0.2) is 43.2 Å². The quantitative estimate of drug-likeness (QED) is 0.768. The topological polar surface area (TPSA) is 68.2 Å². The molecule has 6 nitrogen and oxygen atoms in total. The second kappa shape index (κ2) is 8.77. The largest absolute Gasteiger partial charge is 0.490 e. The third-order valence-corrected chi connectivity index (χ3v) is 4.50. The molecule has 1 aliphatic heterocycles. The van der Waals surface area contributed by atoms with E-state index in [2.05, 4.69) is 4.90 Å². The van der Waals surface area contributed by atoms with Gasteiger partial charge in [-0.3, -0.25) is 0 Å². The molecule has 144 valence electrons. The first-order valence-electron chi connectivity index (χ1n) is 9.17. The molecule has 6 heteroatoms. The normalized spacial score (nSPS) is 15.4. The van der Waals surface area contributed by atoms with E-state index in [-0.39, 0.29) is 6.23 Å². The summed E-state index contributed by atoms with van der Waals surface area (Å²) in [5.74, 6) is 0.653. The van der Waals surface area contributed by atoms with Crippen LogP contribution in [0.3, 0.4) is 0 Å². The Morgan fingerprint density at radius 1 is 1.22 bits per heavy atom. The highest BCUT2D eigenvalue weighted by atomic mass is 16.5. The molecule has 0 amide bonds. The van der Waals surface area contributed by atoms with Crippen molar-refractivity contribution in [1.29, 1.82) is 0 Å². The van der Waals surface area contributed by atoms with E-state index in [1.165, 1.54) is 0 Å². The summed E-state index contributed by atoms with van der Waals surface area (Å²) in [6.45, 7) is 5.54. The zero-order valence-electron chi connectivity index (χ0n) is 15.6. The number of para-hydroxylation sites is 2. The smallest absolute Gasteiger partial charge is 0.333 e. The highest BCUT2D eigenvalue weighted by Crippen LogP contribution is 2.32. The lowest BCUT2D eigenvalue weighted by Crippen LogP contribution is -2.42. The fourth-order valence-corrected chi connectivity index (χ4v) is 3.17. The maximum atomic E-state index is 11.2. The molecule has 0 aromatic heterocycles. The first kappa shape index (κ1) is 19.0. The maximum Gasteiger partial charge on any atom is 0.333 e. The summed E-state index contributed by atoms with van der Waals surface area (Å²) in [5.41, 5.74) is 1.92. The van der Waals surface area contributed by atoms with Crippen LogP contribution in [0, 0.1) is 0 Å². The summed E-state index contributed by atoms with van der Waals surface area (Å²) < 4.78 is 17.0. The predicted octanol–water partition coefficient (Wildman–Crippen LogP) is 3.34. The van der Waals surface area contributed by atoms with Gasteiger partial charge in [0.15, 0.2) is 12.3 Å². The van der Waals surface area contributed by atoms with E-state index in [0.29, 0.717) is 19.6 Å². The average molecular weight is 371 g/mol. The van der Waals surface area contributed by atoms with Crippen molar-refractivity contribution in [3.05, 3.63) is 54.1 Å². The zero-order valence-corrected chi connectivity index (χ0v) is 15.6. The number of carboxylic acid groups (broad SMARTS) is 1. The molecule has 0 fully saturated rings. The Balaban J connectivity index is 1.64. The lowest BCUT2D eigenvalue weighted by atomic mass is 10.1. The van der Waals surface area contributed by atoms with Crippen molar-refractivity contribution in [2.45, 2.75) is 32.6 Å². The molecule has 1 N–H and O–H groups in total. The van der Waals surface area contributed by atoms with Crippen LogP contribution >= 0.6 is 0 Å². The van der Waals surface area contributed by atoms with E-state index in [9.17, 15) is 9.90 Å². The van der Waals surface area contributed by atoms with Crippen LogP contribution in [0.25, 0.3) is 0 Å². The molecular weight excluding hydrogens is 346 g/mol. The van der Waals surface area contributed by atoms with Gasteiger partial charge in [0.2, 0.25) is 0 Å².